The largest absolute Gasteiger partial charge is 0.371 e. The number of rotatable bonds is 4. The van der Waals surface area contributed by atoms with Crippen molar-refractivity contribution in [3.8, 4) is 0 Å². The van der Waals surface area contributed by atoms with Crippen molar-refractivity contribution in [2.24, 2.45) is 5.92 Å². The van der Waals surface area contributed by atoms with Gasteiger partial charge in [0.2, 0.25) is 0 Å². The molecule has 3 rings (SSSR count). The molecule has 2 aromatic carbocycles. The standard InChI is InChI=1S/C22H29N3S/c1-16-6-4-8-20(14-16)24-22(26)23-18(3)19-9-11-21(12-10-19)25-13-5-7-17(2)15-25/h4,6,8-12,14,17-18H,5,7,13,15H2,1-3H3,(H2,23,24,26)/t17-,18-/m0/s1. The molecule has 0 aliphatic carbocycles. The van der Waals surface area contributed by atoms with Gasteiger partial charge in [-0.3, -0.25) is 0 Å². The lowest BCUT2D eigenvalue weighted by Gasteiger charge is -2.33. The number of hydrogen-bond donors (Lipinski definition) is 2. The first-order valence-corrected chi connectivity index (χ1v) is 9.91. The van der Waals surface area contributed by atoms with Crippen LogP contribution in [0, 0.1) is 12.8 Å². The van der Waals surface area contributed by atoms with Crippen LogP contribution in [-0.2, 0) is 0 Å². The molecule has 0 radical (unpaired) electrons. The number of hydrogen-bond acceptors (Lipinski definition) is 2. The second-order valence-electron chi connectivity index (χ2n) is 7.47. The van der Waals surface area contributed by atoms with Crippen LogP contribution >= 0.6 is 12.2 Å². The molecule has 1 fully saturated rings. The zero-order chi connectivity index (χ0) is 18.5. The molecule has 3 nitrogen and oxygen atoms in total. The van der Waals surface area contributed by atoms with Crippen molar-refractivity contribution in [3.63, 3.8) is 0 Å². The maximum atomic E-state index is 5.47. The number of nitrogens with one attached hydrogen (secondary N) is 2. The van der Waals surface area contributed by atoms with Gasteiger partial charge in [-0.25, -0.2) is 0 Å². The van der Waals surface area contributed by atoms with Crippen LogP contribution in [0.25, 0.3) is 0 Å². The summed E-state index contributed by atoms with van der Waals surface area (Å²) in [5.41, 5.74) is 4.80. The fourth-order valence-electron chi connectivity index (χ4n) is 3.57. The Hall–Kier alpha value is -2.07. The fourth-order valence-corrected chi connectivity index (χ4v) is 3.86. The lowest BCUT2D eigenvalue weighted by Crippen LogP contribution is -2.34. The minimum Gasteiger partial charge on any atom is -0.371 e. The average molecular weight is 368 g/mol. The molecule has 0 aromatic heterocycles. The topological polar surface area (TPSA) is 27.3 Å². The number of thiocarbonyl (C=S) groups is 1. The Morgan fingerprint density at radius 2 is 1.96 bits per heavy atom. The van der Waals surface area contributed by atoms with Crippen molar-refractivity contribution < 1.29 is 0 Å². The minimum atomic E-state index is 0.161. The first-order valence-electron chi connectivity index (χ1n) is 9.50. The summed E-state index contributed by atoms with van der Waals surface area (Å²) >= 11 is 5.47. The van der Waals surface area contributed by atoms with Crippen molar-refractivity contribution in [2.45, 2.75) is 39.7 Å². The Morgan fingerprint density at radius 3 is 2.65 bits per heavy atom. The third kappa shape index (κ3) is 4.98. The first kappa shape index (κ1) is 18.7. The van der Waals surface area contributed by atoms with Gasteiger partial charge in [-0.2, -0.15) is 0 Å². The van der Waals surface area contributed by atoms with Crippen molar-refractivity contribution in [1.29, 1.82) is 0 Å². The molecule has 1 heterocycles. The second-order valence-corrected chi connectivity index (χ2v) is 7.88. The molecule has 1 aliphatic rings. The van der Waals surface area contributed by atoms with E-state index < -0.39 is 0 Å². The van der Waals surface area contributed by atoms with Gasteiger partial charge in [-0.05, 0) is 80.2 Å². The highest BCUT2D eigenvalue weighted by Gasteiger charge is 2.17. The van der Waals surface area contributed by atoms with Gasteiger partial charge in [-0.15, -0.1) is 0 Å². The summed E-state index contributed by atoms with van der Waals surface area (Å²) in [6, 6.07) is 17.3. The maximum absolute atomic E-state index is 5.47. The molecule has 4 heteroatoms. The third-order valence-corrected chi connectivity index (χ3v) is 5.26. The summed E-state index contributed by atoms with van der Waals surface area (Å²) in [4.78, 5) is 2.50. The highest BCUT2D eigenvalue weighted by Crippen LogP contribution is 2.24. The van der Waals surface area contributed by atoms with E-state index in [2.05, 4.69) is 72.7 Å². The van der Waals surface area contributed by atoms with Crippen LogP contribution in [-0.4, -0.2) is 18.2 Å². The molecule has 0 saturated carbocycles. The normalized spacial score (nSPS) is 18.3. The van der Waals surface area contributed by atoms with Gasteiger partial charge in [0.25, 0.3) is 0 Å². The molecular formula is C22H29N3S. The zero-order valence-electron chi connectivity index (χ0n) is 16.0. The monoisotopic (exact) mass is 367 g/mol. The lowest BCUT2D eigenvalue weighted by molar-refractivity contribution is 0.447. The summed E-state index contributed by atoms with van der Waals surface area (Å²) in [6.45, 7) is 8.89. The van der Waals surface area contributed by atoms with Crippen molar-refractivity contribution in [1.82, 2.24) is 5.32 Å². The SMILES string of the molecule is Cc1cccc(NC(=S)N[C@@H](C)c2ccc(N3CCC[C@H](C)C3)cc2)c1. The van der Waals surface area contributed by atoms with Crippen LogP contribution < -0.4 is 15.5 Å². The Morgan fingerprint density at radius 1 is 1.19 bits per heavy atom. The summed E-state index contributed by atoms with van der Waals surface area (Å²) in [5, 5.41) is 7.29. The lowest BCUT2D eigenvalue weighted by atomic mass is 9.99. The van der Waals surface area contributed by atoms with Gasteiger partial charge in [0.1, 0.15) is 0 Å². The van der Waals surface area contributed by atoms with Crippen LogP contribution in [0.15, 0.2) is 48.5 Å². The molecule has 0 unspecified atom stereocenters. The molecule has 2 atom stereocenters. The van der Waals surface area contributed by atoms with E-state index in [9.17, 15) is 0 Å². The molecule has 0 spiro atoms. The minimum absolute atomic E-state index is 0.161. The maximum Gasteiger partial charge on any atom is 0.171 e. The number of benzene rings is 2. The average Bonchev–Trinajstić information content (AvgIpc) is 2.61. The molecule has 138 valence electrons. The van der Waals surface area contributed by atoms with Gasteiger partial charge in [0, 0.05) is 24.5 Å². The molecule has 0 bridgehead atoms. The van der Waals surface area contributed by atoms with Gasteiger partial charge >= 0.3 is 0 Å². The van der Waals surface area contributed by atoms with Crippen LogP contribution in [0.2, 0.25) is 0 Å². The van der Waals surface area contributed by atoms with Crippen LogP contribution in [0.4, 0.5) is 11.4 Å². The van der Waals surface area contributed by atoms with Crippen LogP contribution in [0.3, 0.4) is 0 Å². The van der Waals surface area contributed by atoms with E-state index in [0.717, 1.165) is 18.2 Å². The van der Waals surface area contributed by atoms with Gasteiger partial charge in [0.05, 0.1) is 6.04 Å². The quantitative estimate of drug-likeness (QED) is 0.719. The second kappa shape index (κ2) is 8.54. The predicted molar refractivity (Wildman–Crippen MR) is 116 cm³/mol. The predicted octanol–water partition coefficient (Wildman–Crippen LogP) is 5.28. The zero-order valence-corrected chi connectivity index (χ0v) is 16.8. The highest BCUT2D eigenvalue weighted by molar-refractivity contribution is 7.80. The molecule has 2 N–H and O–H groups in total. The van der Waals surface area contributed by atoms with Gasteiger partial charge in [-0.1, -0.05) is 31.2 Å². The van der Waals surface area contributed by atoms with E-state index in [1.54, 1.807) is 0 Å². The van der Waals surface area contributed by atoms with E-state index in [1.807, 2.05) is 12.1 Å². The summed E-state index contributed by atoms with van der Waals surface area (Å²) in [6.07, 6.45) is 2.64. The Balaban J connectivity index is 1.57. The highest BCUT2D eigenvalue weighted by atomic mass is 32.1. The molecule has 2 aromatic rings. The number of nitrogens with zero attached hydrogens (tertiary/aromatic N) is 1. The smallest absolute Gasteiger partial charge is 0.171 e. The molecule has 0 amide bonds. The van der Waals surface area contributed by atoms with E-state index in [4.69, 9.17) is 12.2 Å². The number of anilines is 2. The fraction of sp³-hybridized carbons (Fsp3) is 0.409. The molecular weight excluding hydrogens is 338 g/mol. The van der Waals surface area contributed by atoms with Gasteiger partial charge in [0.15, 0.2) is 5.11 Å². The van der Waals surface area contributed by atoms with Crippen LogP contribution in [0.5, 0.6) is 0 Å². The van der Waals surface area contributed by atoms with Gasteiger partial charge < -0.3 is 15.5 Å². The number of piperidine rings is 1. The third-order valence-electron chi connectivity index (χ3n) is 5.04. The number of aryl methyl sites for hydroxylation is 1. The van der Waals surface area contributed by atoms with E-state index >= 15 is 0 Å². The Labute approximate surface area is 162 Å². The first-order chi connectivity index (χ1) is 12.5. The molecule has 1 saturated heterocycles. The summed E-state index contributed by atoms with van der Waals surface area (Å²) in [7, 11) is 0. The Bertz CT molecular complexity index is 741. The van der Waals surface area contributed by atoms with E-state index in [-0.39, 0.29) is 6.04 Å². The van der Waals surface area contributed by atoms with Crippen molar-refractivity contribution in [2.75, 3.05) is 23.3 Å². The van der Waals surface area contributed by atoms with Crippen LogP contribution in [0.1, 0.15) is 43.9 Å². The Kier molecular flexibility index (Phi) is 6.15. The van der Waals surface area contributed by atoms with Crippen molar-refractivity contribution >= 4 is 28.7 Å². The summed E-state index contributed by atoms with van der Waals surface area (Å²) < 4.78 is 0. The summed E-state index contributed by atoms with van der Waals surface area (Å²) in [5.74, 6) is 0.786. The van der Waals surface area contributed by atoms with Crippen molar-refractivity contribution in [3.05, 3.63) is 59.7 Å². The molecule has 26 heavy (non-hydrogen) atoms. The molecule has 1 aliphatic heterocycles. The van der Waals surface area contributed by atoms with E-state index in [1.165, 1.54) is 36.2 Å². The van der Waals surface area contributed by atoms with E-state index in [0.29, 0.717) is 5.11 Å².